The lowest BCUT2D eigenvalue weighted by Crippen LogP contribution is -2.39. The second-order valence-electron chi connectivity index (χ2n) is 4.19. The van der Waals surface area contributed by atoms with Gasteiger partial charge in [-0.25, -0.2) is 9.59 Å². The summed E-state index contributed by atoms with van der Waals surface area (Å²) in [4.78, 5) is 33.8. The van der Waals surface area contributed by atoms with E-state index in [1.54, 1.807) is 0 Å². The molecule has 1 aromatic carbocycles. The zero-order valence-electron chi connectivity index (χ0n) is 11.4. The number of carboxylic acid groups (broad SMARTS) is 1. The molecule has 0 bridgehead atoms. The number of aromatic carboxylic acids is 1. The van der Waals surface area contributed by atoms with E-state index in [1.807, 2.05) is 6.92 Å². The molecule has 0 unspecified atom stereocenters. The summed E-state index contributed by atoms with van der Waals surface area (Å²) in [6, 6.07) is 3.32. The van der Waals surface area contributed by atoms with Gasteiger partial charge in [-0.15, -0.1) is 0 Å². The average Bonchev–Trinajstić information content (AvgIpc) is 2.42. The van der Waals surface area contributed by atoms with Crippen LogP contribution in [0.15, 0.2) is 18.2 Å². The minimum atomic E-state index is -1.15. The Morgan fingerprint density at radius 3 is 2.52 bits per heavy atom. The van der Waals surface area contributed by atoms with E-state index in [2.05, 4.69) is 16.0 Å². The number of halogens is 1. The molecule has 0 saturated carbocycles. The van der Waals surface area contributed by atoms with E-state index in [1.165, 1.54) is 18.2 Å². The minimum Gasteiger partial charge on any atom is -0.478 e. The fraction of sp³-hybridized carbons (Fsp3) is 0.308. The van der Waals surface area contributed by atoms with Crippen LogP contribution in [0.2, 0.25) is 5.02 Å². The maximum atomic E-state index is 11.6. The molecule has 4 N–H and O–H groups in total. The molecule has 114 valence electrons. The lowest BCUT2D eigenvalue weighted by atomic mass is 10.2. The van der Waals surface area contributed by atoms with Gasteiger partial charge < -0.3 is 21.1 Å². The summed E-state index contributed by atoms with van der Waals surface area (Å²) in [7, 11) is 0. The normalized spacial score (nSPS) is 9.81. The molecule has 0 atom stereocenters. The van der Waals surface area contributed by atoms with E-state index in [0.29, 0.717) is 6.54 Å². The molecule has 3 amide bonds. The minimum absolute atomic E-state index is 0.0431. The monoisotopic (exact) mass is 313 g/mol. The summed E-state index contributed by atoms with van der Waals surface area (Å²) in [6.07, 6.45) is 0.804. The highest BCUT2D eigenvalue weighted by atomic mass is 35.5. The van der Waals surface area contributed by atoms with Crippen molar-refractivity contribution in [2.24, 2.45) is 0 Å². The van der Waals surface area contributed by atoms with Crippen LogP contribution < -0.4 is 16.0 Å². The fourth-order valence-corrected chi connectivity index (χ4v) is 1.68. The number of anilines is 1. The van der Waals surface area contributed by atoms with Crippen molar-refractivity contribution in [3.8, 4) is 0 Å². The maximum absolute atomic E-state index is 11.6. The van der Waals surface area contributed by atoms with Crippen LogP contribution in [-0.4, -0.2) is 36.1 Å². The SMILES string of the molecule is CCCNC(=O)CNC(=O)Nc1cc(Cl)cc(C(=O)O)c1. The van der Waals surface area contributed by atoms with E-state index >= 15 is 0 Å². The molecular formula is C13H16ClN3O4. The number of urea groups is 1. The van der Waals surface area contributed by atoms with Gasteiger partial charge in [0.05, 0.1) is 12.1 Å². The Hall–Kier alpha value is -2.28. The van der Waals surface area contributed by atoms with Gasteiger partial charge >= 0.3 is 12.0 Å². The van der Waals surface area contributed by atoms with Crippen LogP contribution in [0.1, 0.15) is 23.7 Å². The van der Waals surface area contributed by atoms with Gasteiger partial charge in [-0.1, -0.05) is 18.5 Å². The van der Waals surface area contributed by atoms with Crippen LogP contribution in [0.5, 0.6) is 0 Å². The first kappa shape index (κ1) is 16.8. The third-order valence-corrected chi connectivity index (χ3v) is 2.60. The predicted octanol–water partition coefficient (Wildman–Crippen LogP) is 1.69. The predicted molar refractivity (Wildman–Crippen MR) is 78.7 cm³/mol. The summed E-state index contributed by atoms with van der Waals surface area (Å²) in [5.74, 6) is -1.45. The van der Waals surface area contributed by atoms with Crippen LogP contribution in [0.4, 0.5) is 10.5 Å². The zero-order chi connectivity index (χ0) is 15.8. The number of nitrogens with one attached hydrogen (secondary N) is 3. The Morgan fingerprint density at radius 2 is 1.90 bits per heavy atom. The second kappa shape index (κ2) is 8.11. The Kier molecular flexibility index (Phi) is 6.48. The highest BCUT2D eigenvalue weighted by molar-refractivity contribution is 6.31. The van der Waals surface area contributed by atoms with Crippen molar-refractivity contribution in [1.29, 1.82) is 0 Å². The van der Waals surface area contributed by atoms with Crippen LogP contribution in [-0.2, 0) is 4.79 Å². The molecule has 0 radical (unpaired) electrons. The lowest BCUT2D eigenvalue weighted by Gasteiger charge is -2.09. The van der Waals surface area contributed by atoms with Gasteiger partial charge in [0.2, 0.25) is 5.91 Å². The highest BCUT2D eigenvalue weighted by Gasteiger charge is 2.09. The molecule has 0 saturated heterocycles. The number of rotatable bonds is 6. The molecular weight excluding hydrogens is 298 g/mol. The van der Waals surface area contributed by atoms with E-state index in [4.69, 9.17) is 16.7 Å². The maximum Gasteiger partial charge on any atom is 0.335 e. The topological polar surface area (TPSA) is 108 Å². The van der Waals surface area contributed by atoms with Crippen LogP contribution >= 0.6 is 11.6 Å². The highest BCUT2D eigenvalue weighted by Crippen LogP contribution is 2.19. The van der Waals surface area contributed by atoms with Crippen LogP contribution in [0, 0.1) is 0 Å². The molecule has 0 aliphatic heterocycles. The third-order valence-electron chi connectivity index (χ3n) is 2.38. The lowest BCUT2D eigenvalue weighted by molar-refractivity contribution is -0.120. The smallest absolute Gasteiger partial charge is 0.335 e. The number of amides is 3. The summed E-state index contributed by atoms with van der Waals surface area (Å²) >= 11 is 5.76. The molecule has 0 aliphatic carbocycles. The molecule has 0 heterocycles. The number of benzene rings is 1. The second-order valence-corrected chi connectivity index (χ2v) is 4.63. The van der Waals surface area contributed by atoms with E-state index in [-0.39, 0.29) is 28.7 Å². The molecule has 1 aromatic rings. The molecule has 0 aromatic heterocycles. The Bertz CT molecular complexity index is 548. The molecule has 1 rings (SSSR count). The summed E-state index contributed by atoms with van der Waals surface area (Å²) in [5.41, 5.74) is 0.185. The number of carboxylic acids is 1. The Morgan fingerprint density at radius 1 is 1.19 bits per heavy atom. The van der Waals surface area contributed by atoms with Crippen molar-refractivity contribution < 1.29 is 19.5 Å². The summed E-state index contributed by atoms with van der Waals surface area (Å²) in [6.45, 7) is 2.29. The molecule has 8 heteroatoms. The van der Waals surface area contributed by atoms with Gasteiger partial charge in [-0.3, -0.25) is 4.79 Å². The first-order valence-corrected chi connectivity index (χ1v) is 6.65. The van der Waals surface area contributed by atoms with Crippen molar-refractivity contribution in [3.63, 3.8) is 0 Å². The van der Waals surface area contributed by atoms with Gasteiger partial charge in [0, 0.05) is 17.3 Å². The van der Waals surface area contributed by atoms with Crippen LogP contribution in [0.3, 0.4) is 0 Å². The number of carbonyl (C=O) groups is 3. The standard InChI is InChI=1S/C13H16ClN3O4/c1-2-3-15-11(18)7-16-13(21)17-10-5-8(12(19)20)4-9(14)6-10/h4-6H,2-3,7H2,1H3,(H,15,18)(H,19,20)(H2,16,17,21). The molecule has 21 heavy (non-hydrogen) atoms. The third kappa shape index (κ3) is 6.13. The Labute approximate surface area is 126 Å². The largest absolute Gasteiger partial charge is 0.478 e. The van der Waals surface area contributed by atoms with Gasteiger partial charge in [0.25, 0.3) is 0 Å². The van der Waals surface area contributed by atoms with Gasteiger partial charge in [0.15, 0.2) is 0 Å². The first-order valence-electron chi connectivity index (χ1n) is 6.27. The summed E-state index contributed by atoms with van der Waals surface area (Å²) < 4.78 is 0. The summed E-state index contributed by atoms with van der Waals surface area (Å²) in [5, 5.41) is 16.4. The Balaban J connectivity index is 2.55. The van der Waals surface area contributed by atoms with Gasteiger partial charge in [-0.2, -0.15) is 0 Å². The molecule has 7 nitrogen and oxygen atoms in total. The fourth-order valence-electron chi connectivity index (χ4n) is 1.45. The molecule has 0 aliphatic rings. The van der Waals surface area contributed by atoms with Gasteiger partial charge in [-0.05, 0) is 24.6 Å². The van der Waals surface area contributed by atoms with Crippen molar-refractivity contribution >= 4 is 35.2 Å². The van der Waals surface area contributed by atoms with Crippen molar-refractivity contribution in [2.45, 2.75) is 13.3 Å². The first-order chi connectivity index (χ1) is 9.92. The number of hydrogen-bond acceptors (Lipinski definition) is 3. The number of carbonyl (C=O) groups excluding carboxylic acids is 2. The number of hydrogen-bond donors (Lipinski definition) is 4. The molecule has 0 spiro atoms. The van der Waals surface area contributed by atoms with Gasteiger partial charge in [0.1, 0.15) is 0 Å². The van der Waals surface area contributed by atoms with Crippen molar-refractivity contribution in [3.05, 3.63) is 28.8 Å². The van der Waals surface area contributed by atoms with Crippen molar-refractivity contribution in [1.82, 2.24) is 10.6 Å². The zero-order valence-corrected chi connectivity index (χ0v) is 12.2. The van der Waals surface area contributed by atoms with E-state index in [0.717, 1.165) is 6.42 Å². The quantitative estimate of drug-likeness (QED) is 0.641. The van der Waals surface area contributed by atoms with E-state index < -0.39 is 12.0 Å². The van der Waals surface area contributed by atoms with E-state index in [9.17, 15) is 14.4 Å². The average molecular weight is 314 g/mol. The van der Waals surface area contributed by atoms with Crippen molar-refractivity contribution in [2.75, 3.05) is 18.4 Å². The van der Waals surface area contributed by atoms with Crippen LogP contribution in [0.25, 0.3) is 0 Å². The molecule has 0 fully saturated rings.